The molecule has 1 aromatic rings. The Morgan fingerprint density at radius 2 is 1.91 bits per heavy atom. The van der Waals surface area contributed by atoms with Crippen LogP contribution >= 0.6 is 0 Å². The van der Waals surface area contributed by atoms with E-state index in [2.05, 4.69) is 42.5 Å². The van der Waals surface area contributed by atoms with Crippen molar-refractivity contribution in [2.24, 2.45) is 0 Å². The predicted molar refractivity (Wildman–Crippen MR) is 47.6 cm³/mol. The van der Waals surface area contributed by atoms with Gasteiger partial charge in [0.05, 0.1) is 0 Å². The van der Waals surface area contributed by atoms with Crippen molar-refractivity contribution in [3.05, 3.63) is 48.0 Å². The van der Waals surface area contributed by atoms with Crippen LogP contribution in [0.4, 0.5) is 0 Å². The van der Waals surface area contributed by atoms with Gasteiger partial charge in [-0.3, -0.25) is 0 Å². The second-order valence-electron chi connectivity index (χ2n) is 3.02. The van der Waals surface area contributed by atoms with Gasteiger partial charge < -0.3 is 0 Å². The zero-order valence-electron chi connectivity index (χ0n) is 6.53. The molecule has 0 bridgehead atoms. The predicted octanol–water partition coefficient (Wildman–Crippen LogP) is 3.12. The summed E-state index contributed by atoms with van der Waals surface area (Å²) in [5.74, 6) is 0.691. The van der Waals surface area contributed by atoms with Crippen molar-refractivity contribution in [1.82, 2.24) is 0 Å². The Morgan fingerprint density at radius 1 is 1.09 bits per heavy atom. The molecule has 0 nitrogen and oxygen atoms in total. The third-order valence-corrected chi connectivity index (χ3v) is 2.24. The maximum atomic E-state index is 2.31. The second-order valence-corrected chi connectivity index (χ2v) is 3.02. The van der Waals surface area contributed by atoms with Crippen molar-refractivity contribution in [2.45, 2.75) is 18.8 Å². The number of hydrogen-bond donors (Lipinski definition) is 0. The van der Waals surface area contributed by atoms with Crippen LogP contribution < -0.4 is 0 Å². The molecule has 11 heavy (non-hydrogen) atoms. The summed E-state index contributed by atoms with van der Waals surface area (Å²) in [6, 6.07) is 10.7. The van der Waals surface area contributed by atoms with Crippen LogP contribution in [0.25, 0.3) is 0 Å². The normalized spacial score (nSPS) is 22.4. The molecule has 56 valence electrons. The molecular weight excluding hydrogens is 132 g/mol. The van der Waals surface area contributed by atoms with Crippen LogP contribution in [0.1, 0.15) is 24.3 Å². The van der Waals surface area contributed by atoms with E-state index in [0.717, 1.165) is 0 Å². The van der Waals surface area contributed by atoms with E-state index in [0.29, 0.717) is 5.92 Å². The molecule has 1 atom stereocenters. The van der Waals surface area contributed by atoms with Crippen LogP contribution in [0.3, 0.4) is 0 Å². The number of allylic oxidation sites excluding steroid dienone is 2. The monoisotopic (exact) mass is 144 g/mol. The molecule has 0 amide bonds. The van der Waals surface area contributed by atoms with Crippen molar-refractivity contribution in [2.75, 3.05) is 0 Å². The fourth-order valence-electron chi connectivity index (χ4n) is 1.61. The average molecular weight is 144 g/mol. The smallest absolute Gasteiger partial charge is 0.00209 e. The van der Waals surface area contributed by atoms with Gasteiger partial charge in [0.15, 0.2) is 0 Å². The van der Waals surface area contributed by atoms with E-state index in [4.69, 9.17) is 0 Å². The second kappa shape index (κ2) is 2.91. The van der Waals surface area contributed by atoms with Crippen molar-refractivity contribution in [1.29, 1.82) is 0 Å². The van der Waals surface area contributed by atoms with Gasteiger partial charge in [0, 0.05) is 5.92 Å². The lowest BCUT2D eigenvalue weighted by Gasteiger charge is -2.05. The summed E-state index contributed by atoms with van der Waals surface area (Å²) in [6.45, 7) is 0. The number of benzene rings is 1. The first-order valence-electron chi connectivity index (χ1n) is 4.18. The highest BCUT2D eigenvalue weighted by molar-refractivity contribution is 5.25. The summed E-state index contributed by atoms with van der Waals surface area (Å²) in [5, 5.41) is 0. The van der Waals surface area contributed by atoms with E-state index in [1.165, 1.54) is 18.4 Å². The van der Waals surface area contributed by atoms with Crippen molar-refractivity contribution in [3.63, 3.8) is 0 Å². The third kappa shape index (κ3) is 1.35. The topological polar surface area (TPSA) is 0 Å². The van der Waals surface area contributed by atoms with Crippen LogP contribution in [0.5, 0.6) is 0 Å². The number of hydrogen-bond acceptors (Lipinski definition) is 0. The van der Waals surface area contributed by atoms with Gasteiger partial charge in [-0.15, -0.1) is 0 Å². The lowest BCUT2D eigenvalue weighted by molar-refractivity contribution is 0.801. The maximum Gasteiger partial charge on any atom is 0.00209 e. The highest BCUT2D eigenvalue weighted by Crippen LogP contribution is 2.27. The summed E-state index contributed by atoms with van der Waals surface area (Å²) in [4.78, 5) is 0. The lowest BCUT2D eigenvalue weighted by Crippen LogP contribution is -1.88. The van der Waals surface area contributed by atoms with Crippen molar-refractivity contribution in [3.8, 4) is 0 Å². The van der Waals surface area contributed by atoms with Crippen LogP contribution in [-0.4, -0.2) is 0 Å². The third-order valence-electron chi connectivity index (χ3n) is 2.24. The van der Waals surface area contributed by atoms with E-state index in [1.54, 1.807) is 0 Å². The van der Waals surface area contributed by atoms with Crippen LogP contribution in [0, 0.1) is 0 Å². The molecule has 1 aromatic carbocycles. The SMILES string of the molecule is C1=C[C@H](c2ccccc2)CC1. The molecule has 2 rings (SSSR count). The van der Waals surface area contributed by atoms with Crippen LogP contribution in [-0.2, 0) is 0 Å². The van der Waals surface area contributed by atoms with Crippen molar-refractivity contribution >= 4 is 0 Å². The molecule has 0 saturated carbocycles. The highest BCUT2D eigenvalue weighted by Gasteiger charge is 2.09. The molecule has 1 aliphatic carbocycles. The van der Waals surface area contributed by atoms with E-state index in [1.807, 2.05) is 0 Å². The first-order valence-corrected chi connectivity index (χ1v) is 4.18. The molecular formula is C11H12. The minimum absolute atomic E-state index is 0.691. The van der Waals surface area contributed by atoms with Gasteiger partial charge in [0.1, 0.15) is 0 Å². The minimum atomic E-state index is 0.691. The van der Waals surface area contributed by atoms with Gasteiger partial charge >= 0.3 is 0 Å². The van der Waals surface area contributed by atoms with E-state index < -0.39 is 0 Å². The first kappa shape index (κ1) is 6.66. The Balaban J connectivity index is 2.23. The molecule has 1 aliphatic rings. The summed E-state index contributed by atoms with van der Waals surface area (Å²) in [6.07, 6.45) is 7.14. The Hall–Kier alpha value is -1.04. The van der Waals surface area contributed by atoms with Gasteiger partial charge in [0.25, 0.3) is 0 Å². The molecule has 0 heteroatoms. The van der Waals surface area contributed by atoms with Crippen molar-refractivity contribution < 1.29 is 0 Å². The molecule has 0 saturated heterocycles. The molecule has 0 aliphatic heterocycles. The summed E-state index contributed by atoms with van der Waals surface area (Å²) in [5.41, 5.74) is 1.46. The van der Waals surface area contributed by atoms with Gasteiger partial charge in [-0.05, 0) is 18.4 Å². The zero-order valence-corrected chi connectivity index (χ0v) is 6.53. The highest BCUT2D eigenvalue weighted by atomic mass is 14.1. The molecule has 0 aromatic heterocycles. The number of rotatable bonds is 1. The molecule has 0 unspecified atom stereocenters. The lowest BCUT2D eigenvalue weighted by atomic mass is 9.99. The van der Waals surface area contributed by atoms with Gasteiger partial charge in [0.2, 0.25) is 0 Å². The minimum Gasteiger partial charge on any atom is -0.0879 e. The zero-order chi connectivity index (χ0) is 7.52. The van der Waals surface area contributed by atoms with Crippen LogP contribution in [0.2, 0.25) is 0 Å². The molecule has 0 N–H and O–H groups in total. The molecule has 0 heterocycles. The molecule has 0 fully saturated rings. The standard InChI is InChI=1S/C11H12/c1-2-6-10(7-3-1)11-8-4-5-9-11/h1-4,6-8,11H,5,9H2/t11-/m0/s1. The fraction of sp³-hybridized carbons (Fsp3) is 0.273. The fourth-order valence-corrected chi connectivity index (χ4v) is 1.61. The summed E-state index contributed by atoms with van der Waals surface area (Å²) < 4.78 is 0. The summed E-state index contributed by atoms with van der Waals surface area (Å²) in [7, 11) is 0. The Labute approximate surface area is 67.6 Å². The van der Waals surface area contributed by atoms with E-state index in [9.17, 15) is 0 Å². The first-order chi connectivity index (χ1) is 5.47. The Morgan fingerprint density at radius 3 is 2.55 bits per heavy atom. The van der Waals surface area contributed by atoms with Gasteiger partial charge in [-0.2, -0.15) is 0 Å². The Bertz CT molecular complexity index is 246. The summed E-state index contributed by atoms with van der Waals surface area (Å²) >= 11 is 0. The van der Waals surface area contributed by atoms with Crippen LogP contribution in [0.15, 0.2) is 42.5 Å². The quantitative estimate of drug-likeness (QED) is 0.531. The van der Waals surface area contributed by atoms with Gasteiger partial charge in [-0.25, -0.2) is 0 Å². The average Bonchev–Trinajstić information content (AvgIpc) is 2.58. The largest absolute Gasteiger partial charge is 0.0879 e. The Kier molecular flexibility index (Phi) is 1.76. The van der Waals surface area contributed by atoms with Gasteiger partial charge in [-0.1, -0.05) is 42.5 Å². The molecule has 0 radical (unpaired) electrons. The van der Waals surface area contributed by atoms with E-state index in [-0.39, 0.29) is 0 Å². The molecule has 0 spiro atoms. The maximum absolute atomic E-state index is 2.31. The van der Waals surface area contributed by atoms with E-state index >= 15 is 0 Å².